The lowest BCUT2D eigenvalue weighted by Gasteiger charge is -2.43. The third-order valence-electron chi connectivity index (χ3n) is 6.38. The number of halogens is 2. The van der Waals surface area contributed by atoms with Gasteiger partial charge in [0.05, 0.1) is 5.92 Å². The van der Waals surface area contributed by atoms with Crippen molar-refractivity contribution >= 4 is 17.7 Å². The molecule has 134 valence electrons. The van der Waals surface area contributed by atoms with Crippen molar-refractivity contribution in [2.24, 2.45) is 11.3 Å². The molecule has 0 aromatic carbocycles. The molecule has 5 rings (SSSR count). The molecule has 1 saturated carbocycles. The SMILES string of the molecule is C[C@H]1CCN1c1nc(N2CC3(CC3C(=O)O)C2)c2c(n1)C(F)(F)CC2. The van der Waals surface area contributed by atoms with E-state index in [0.717, 1.165) is 13.0 Å². The molecule has 0 radical (unpaired) electrons. The van der Waals surface area contributed by atoms with Gasteiger partial charge in [0.15, 0.2) is 0 Å². The minimum absolute atomic E-state index is 0.127. The largest absolute Gasteiger partial charge is 0.481 e. The summed E-state index contributed by atoms with van der Waals surface area (Å²) in [5.41, 5.74) is 0.247. The van der Waals surface area contributed by atoms with Crippen molar-refractivity contribution in [1.29, 1.82) is 0 Å². The van der Waals surface area contributed by atoms with Crippen molar-refractivity contribution in [3.63, 3.8) is 0 Å². The highest BCUT2D eigenvalue weighted by atomic mass is 19.3. The Hall–Kier alpha value is -1.99. The maximum absolute atomic E-state index is 14.3. The van der Waals surface area contributed by atoms with E-state index in [1.807, 2.05) is 16.7 Å². The highest BCUT2D eigenvalue weighted by molar-refractivity contribution is 5.76. The lowest BCUT2D eigenvalue weighted by molar-refractivity contribution is -0.139. The average molecular weight is 350 g/mol. The molecule has 2 saturated heterocycles. The van der Waals surface area contributed by atoms with E-state index >= 15 is 0 Å². The maximum atomic E-state index is 14.3. The highest BCUT2D eigenvalue weighted by Crippen LogP contribution is 2.60. The van der Waals surface area contributed by atoms with E-state index in [2.05, 4.69) is 9.97 Å². The monoisotopic (exact) mass is 350 g/mol. The Kier molecular flexibility index (Phi) is 2.81. The number of hydrogen-bond donors (Lipinski definition) is 1. The van der Waals surface area contributed by atoms with Gasteiger partial charge in [-0.05, 0) is 26.2 Å². The highest BCUT2D eigenvalue weighted by Gasteiger charge is 2.65. The summed E-state index contributed by atoms with van der Waals surface area (Å²) in [4.78, 5) is 23.9. The number of carbonyl (C=O) groups is 1. The first kappa shape index (κ1) is 15.3. The van der Waals surface area contributed by atoms with Crippen molar-refractivity contribution in [2.75, 3.05) is 29.4 Å². The molecule has 3 fully saturated rings. The number of rotatable bonds is 3. The van der Waals surface area contributed by atoms with Gasteiger partial charge < -0.3 is 14.9 Å². The Balaban J connectivity index is 1.49. The van der Waals surface area contributed by atoms with Crippen LogP contribution in [0.25, 0.3) is 0 Å². The molecule has 2 aliphatic carbocycles. The molecule has 1 unspecified atom stereocenters. The molecule has 6 nitrogen and oxygen atoms in total. The first-order chi connectivity index (χ1) is 11.8. The molecule has 3 heterocycles. The predicted octanol–water partition coefficient (Wildman–Crippen LogP) is 2.02. The Morgan fingerprint density at radius 3 is 2.64 bits per heavy atom. The fourth-order valence-electron chi connectivity index (χ4n) is 4.51. The van der Waals surface area contributed by atoms with Crippen LogP contribution in [-0.2, 0) is 17.1 Å². The first-order valence-electron chi connectivity index (χ1n) is 8.84. The predicted molar refractivity (Wildman–Crippen MR) is 86.1 cm³/mol. The molecule has 25 heavy (non-hydrogen) atoms. The van der Waals surface area contributed by atoms with Crippen LogP contribution >= 0.6 is 0 Å². The second-order valence-electron chi connectivity index (χ2n) is 8.02. The summed E-state index contributed by atoms with van der Waals surface area (Å²) in [6, 6.07) is 0.267. The topological polar surface area (TPSA) is 69.6 Å². The lowest BCUT2D eigenvalue weighted by atomic mass is 9.93. The van der Waals surface area contributed by atoms with Crippen molar-refractivity contribution in [3.05, 3.63) is 11.3 Å². The summed E-state index contributed by atoms with van der Waals surface area (Å²) < 4.78 is 28.6. The molecule has 1 aromatic heterocycles. The van der Waals surface area contributed by atoms with Crippen LogP contribution in [-0.4, -0.2) is 46.7 Å². The molecule has 2 atom stereocenters. The Morgan fingerprint density at radius 1 is 1.32 bits per heavy atom. The lowest BCUT2D eigenvalue weighted by Crippen LogP contribution is -2.52. The Labute approximate surface area is 143 Å². The zero-order chi connectivity index (χ0) is 17.6. The van der Waals surface area contributed by atoms with E-state index in [1.54, 1.807) is 0 Å². The first-order valence-corrected chi connectivity index (χ1v) is 8.84. The fraction of sp³-hybridized carbons (Fsp3) is 0.706. The van der Waals surface area contributed by atoms with E-state index in [1.165, 1.54) is 0 Å². The third kappa shape index (κ3) is 2.02. The summed E-state index contributed by atoms with van der Waals surface area (Å²) in [6.07, 6.45) is 1.75. The normalized spacial score (nSPS) is 30.7. The third-order valence-corrected chi connectivity index (χ3v) is 6.38. The molecule has 0 amide bonds. The minimum Gasteiger partial charge on any atom is -0.481 e. The standard InChI is InChI=1S/C17H20F2N4O2/c1-9-3-5-23(9)15-20-12-10(2-4-17(12,18)19)13(21-15)22-7-16(8-22)6-11(16)14(24)25/h9,11H,2-8H2,1H3,(H,24,25)/t9-,11?/m0/s1. The zero-order valence-corrected chi connectivity index (χ0v) is 14.0. The zero-order valence-electron chi connectivity index (χ0n) is 14.0. The molecule has 2 aliphatic heterocycles. The number of anilines is 2. The number of carboxylic acids is 1. The van der Waals surface area contributed by atoms with E-state index in [0.29, 0.717) is 36.8 Å². The number of alkyl halides is 2. The maximum Gasteiger partial charge on any atom is 0.307 e. The van der Waals surface area contributed by atoms with Gasteiger partial charge in [0.25, 0.3) is 5.92 Å². The summed E-state index contributed by atoms with van der Waals surface area (Å²) in [7, 11) is 0. The van der Waals surface area contributed by atoms with Crippen molar-refractivity contribution in [2.45, 2.75) is 44.6 Å². The van der Waals surface area contributed by atoms with Gasteiger partial charge in [0.2, 0.25) is 5.95 Å². The van der Waals surface area contributed by atoms with E-state index in [-0.39, 0.29) is 35.9 Å². The smallest absolute Gasteiger partial charge is 0.307 e. The fourth-order valence-corrected chi connectivity index (χ4v) is 4.51. The molecular formula is C17H20F2N4O2. The van der Waals surface area contributed by atoms with Crippen LogP contribution in [0.15, 0.2) is 0 Å². The molecule has 8 heteroatoms. The number of fused-ring (bicyclic) bond motifs is 1. The van der Waals surface area contributed by atoms with Crippen molar-refractivity contribution < 1.29 is 18.7 Å². The van der Waals surface area contributed by atoms with Crippen molar-refractivity contribution in [1.82, 2.24) is 9.97 Å². The number of nitrogens with zero attached hydrogens (tertiary/aromatic N) is 4. The van der Waals surface area contributed by atoms with E-state index in [9.17, 15) is 13.6 Å². The molecule has 4 aliphatic rings. The van der Waals surface area contributed by atoms with Crippen LogP contribution < -0.4 is 9.80 Å². The number of carboxylic acid groups (broad SMARTS) is 1. The van der Waals surface area contributed by atoms with Gasteiger partial charge in [-0.2, -0.15) is 13.8 Å². The van der Waals surface area contributed by atoms with Gasteiger partial charge in [-0.1, -0.05) is 0 Å². The summed E-state index contributed by atoms with van der Waals surface area (Å²) in [5, 5.41) is 9.17. The van der Waals surface area contributed by atoms with Gasteiger partial charge in [0.1, 0.15) is 11.5 Å². The molecular weight excluding hydrogens is 330 g/mol. The molecule has 1 aromatic rings. The van der Waals surface area contributed by atoms with Crippen LogP contribution in [0.4, 0.5) is 20.5 Å². The summed E-state index contributed by atoms with van der Waals surface area (Å²) in [5.74, 6) is -2.97. The van der Waals surface area contributed by atoms with Crippen LogP contribution in [0.2, 0.25) is 0 Å². The van der Waals surface area contributed by atoms with Crippen LogP contribution in [0.5, 0.6) is 0 Å². The summed E-state index contributed by atoms with van der Waals surface area (Å²) >= 11 is 0. The Morgan fingerprint density at radius 2 is 2.08 bits per heavy atom. The van der Waals surface area contributed by atoms with E-state index in [4.69, 9.17) is 5.11 Å². The van der Waals surface area contributed by atoms with E-state index < -0.39 is 11.9 Å². The van der Waals surface area contributed by atoms with Gasteiger partial charge >= 0.3 is 5.97 Å². The molecule has 1 N–H and O–H groups in total. The quantitative estimate of drug-likeness (QED) is 0.900. The average Bonchev–Trinajstić information content (AvgIpc) is 3.19. The number of aliphatic carboxylic acids is 1. The van der Waals surface area contributed by atoms with Gasteiger partial charge in [-0.15, -0.1) is 0 Å². The molecule has 0 bridgehead atoms. The van der Waals surface area contributed by atoms with Gasteiger partial charge in [0, 0.05) is 43.1 Å². The van der Waals surface area contributed by atoms with Gasteiger partial charge in [-0.25, -0.2) is 4.98 Å². The molecule has 1 spiro atoms. The second kappa shape index (κ2) is 4.59. The van der Waals surface area contributed by atoms with Crippen LogP contribution in [0.3, 0.4) is 0 Å². The van der Waals surface area contributed by atoms with Crippen molar-refractivity contribution in [3.8, 4) is 0 Å². The second-order valence-corrected chi connectivity index (χ2v) is 8.02. The van der Waals surface area contributed by atoms with Crippen LogP contribution in [0, 0.1) is 11.3 Å². The number of aromatic nitrogens is 2. The minimum atomic E-state index is -2.90. The number of hydrogen-bond acceptors (Lipinski definition) is 5. The van der Waals surface area contributed by atoms with Gasteiger partial charge in [-0.3, -0.25) is 4.79 Å². The summed E-state index contributed by atoms with van der Waals surface area (Å²) in [6.45, 7) is 4.01. The van der Waals surface area contributed by atoms with Crippen LogP contribution in [0.1, 0.15) is 37.4 Å². The Bertz CT molecular complexity index is 778.